The van der Waals surface area contributed by atoms with Gasteiger partial charge in [0.1, 0.15) is 11.9 Å². The van der Waals surface area contributed by atoms with Gasteiger partial charge in [-0.1, -0.05) is 73.3 Å². The van der Waals surface area contributed by atoms with E-state index in [1.807, 2.05) is 83.4 Å². The Morgan fingerprint density at radius 2 is 1.64 bits per heavy atom. The van der Waals surface area contributed by atoms with Crippen molar-refractivity contribution in [2.45, 2.75) is 12.6 Å². The van der Waals surface area contributed by atoms with Gasteiger partial charge in [-0.25, -0.2) is 0 Å². The molecule has 1 atom stereocenters. The fourth-order valence-electron chi connectivity index (χ4n) is 4.00. The molecule has 2 heterocycles. The number of ether oxygens (including phenoxy) is 1. The topological polar surface area (TPSA) is 31.2 Å². The van der Waals surface area contributed by atoms with E-state index in [4.69, 9.17) is 4.74 Å². The van der Waals surface area contributed by atoms with Gasteiger partial charge >= 0.3 is 0 Å². The third-order valence-corrected chi connectivity index (χ3v) is 5.30. The van der Waals surface area contributed by atoms with Crippen molar-refractivity contribution < 1.29 is 4.74 Å². The first-order valence-electron chi connectivity index (χ1n) is 9.36. The zero-order chi connectivity index (χ0) is 19.1. The minimum atomic E-state index is -0.267. The number of para-hydroxylation sites is 1. The summed E-state index contributed by atoms with van der Waals surface area (Å²) in [7, 11) is 0. The van der Waals surface area contributed by atoms with Crippen molar-refractivity contribution in [2.75, 3.05) is 0 Å². The monoisotopic (exact) mass is 365 g/mol. The molecule has 1 unspecified atom stereocenters. The van der Waals surface area contributed by atoms with Crippen LogP contribution in [-0.2, 0) is 6.54 Å². The van der Waals surface area contributed by atoms with Crippen LogP contribution in [0.4, 0.5) is 0 Å². The predicted molar refractivity (Wildman–Crippen MR) is 113 cm³/mol. The second-order valence-electron chi connectivity index (χ2n) is 6.96. The number of hydrogen-bond acceptors (Lipinski definition) is 2. The van der Waals surface area contributed by atoms with Gasteiger partial charge in [0.2, 0.25) is 0 Å². The molecule has 5 rings (SSSR count). The number of aromatic nitrogens is 1. The van der Waals surface area contributed by atoms with Crippen LogP contribution in [0.5, 0.6) is 5.75 Å². The standard InChI is InChI=1S/C25H19NO2/c1-2-22-18-12-6-7-13-19(18)23-24(28-22)20-14-8-9-15-21(20)26(25(23)27)16-17-10-4-3-5-11-17/h2-15,22H,1,16H2. The first-order valence-corrected chi connectivity index (χ1v) is 9.36. The first-order chi connectivity index (χ1) is 13.8. The predicted octanol–water partition coefficient (Wildman–Crippen LogP) is 5.34. The highest BCUT2D eigenvalue weighted by atomic mass is 16.5. The van der Waals surface area contributed by atoms with Crippen LogP contribution in [0.15, 0.2) is 96.3 Å². The largest absolute Gasteiger partial charge is 0.480 e. The van der Waals surface area contributed by atoms with Crippen molar-refractivity contribution >= 4 is 10.9 Å². The van der Waals surface area contributed by atoms with Gasteiger partial charge in [0, 0.05) is 10.9 Å². The number of hydrogen-bond donors (Lipinski definition) is 0. The quantitative estimate of drug-likeness (QED) is 0.459. The summed E-state index contributed by atoms with van der Waals surface area (Å²) in [6, 6.07) is 25.9. The van der Waals surface area contributed by atoms with Gasteiger partial charge in [-0.2, -0.15) is 0 Å². The van der Waals surface area contributed by atoms with Crippen molar-refractivity contribution in [1.82, 2.24) is 4.57 Å². The second-order valence-corrected chi connectivity index (χ2v) is 6.96. The van der Waals surface area contributed by atoms with Crippen molar-refractivity contribution in [3.05, 3.63) is 113 Å². The highest BCUT2D eigenvalue weighted by Gasteiger charge is 2.29. The Labute approximate surface area is 163 Å². The van der Waals surface area contributed by atoms with Gasteiger partial charge in [0.15, 0.2) is 0 Å². The summed E-state index contributed by atoms with van der Waals surface area (Å²) in [4.78, 5) is 13.6. The summed E-state index contributed by atoms with van der Waals surface area (Å²) < 4.78 is 8.12. The Hall–Kier alpha value is -3.59. The number of pyridine rings is 1. The molecule has 0 amide bonds. The average molecular weight is 365 g/mol. The lowest BCUT2D eigenvalue weighted by Gasteiger charge is -2.28. The van der Waals surface area contributed by atoms with E-state index >= 15 is 0 Å². The summed E-state index contributed by atoms with van der Waals surface area (Å²) in [6.07, 6.45) is 1.52. The van der Waals surface area contributed by atoms with E-state index in [-0.39, 0.29) is 11.7 Å². The van der Waals surface area contributed by atoms with Crippen LogP contribution < -0.4 is 10.3 Å². The highest BCUT2D eigenvalue weighted by molar-refractivity contribution is 5.94. The molecule has 0 saturated heterocycles. The first kappa shape index (κ1) is 16.6. The van der Waals surface area contributed by atoms with E-state index in [9.17, 15) is 4.79 Å². The molecule has 1 aromatic heterocycles. The lowest BCUT2D eigenvalue weighted by molar-refractivity contribution is 0.254. The minimum absolute atomic E-state index is 0.0347. The summed E-state index contributed by atoms with van der Waals surface area (Å²) in [5, 5.41) is 0.939. The zero-order valence-corrected chi connectivity index (χ0v) is 15.3. The number of rotatable bonds is 3. The van der Waals surface area contributed by atoms with E-state index in [0.717, 1.165) is 27.6 Å². The smallest absolute Gasteiger partial charge is 0.263 e. The molecule has 136 valence electrons. The van der Waals surface area contributed by atoms with Crippen LogP contribution in [0.3, 0.4) is 0 Å². The molecular weight excluding hydrogens is 346 g/mol. The molecule has 0 aliphatic carbocycles. The molecular formula is C25H19NO2. The SMILES string of the molecule is C=CC1Oc2c(c(=O)n(Cc3ccccc3)c3ccccc23)-c2ccccc21. The molecule has 0 saturated carbocycles. The van der Waals surface area contributed by atoms with Gasteiger partial charge in [-0.15, -0.1) is 0 Å². The minimum Gasteiger partial charge on any atom is -0.480 e. The average Bonchev–Trinajstić information content (AvgIpc) is 2.76. The van der Waals surface area contributed by atoms with E-state index < -0.39 is 0 Å². The Balaban J connectivity index is 1.85. The lowest BCUT2D eigenvalue weighted by Crippen LogP contribution is -2.27. The van der Waals surface area contributed by atoms with Crippen LogP contribution in [0.1, 0.15) is 17.2 Å². The molecule has 3 aromatic carbocycles. The van der Waals surface area contributed by atoms with Crippen molar-refractivity contribution in [1.29, 1.82) is 0 Å². The molecule has 1 aliphatic heterocycles. The highest BCUT2D eigenvalue weighted by Crippen LogP contribution is 2.44. The molecule has 1 aliphatic rings. The normalized spacial score (nSPS) is 14.8. The fourth-order valence-corrected chi connectivity index (χ4v) is 4.00. The Kier molecular flexibility index (Phi) is 3.87. The van der Waals surface area contributed by atoms with Crippen molar-refractivity contribution in [2.24, 2.45) is 0 Å². The molecule has 0 spiro atoms. The van der Waals surface area contributed by atoms with Crippen LogP contribution in [-0.4, -0.2) is 4.57 Å². The Morgan fingerprint density at radius 1 is 0.929 bits per heavy atom. The van der Waals surface area contributed by atoms with E-state index in [1.54, 1.807) is 6.08 Å². The van der Waals surface area contributed by atoms with Gasteiger partial charge < -0.3 is 9.30 Å². The summed E-state index contributed by atoms with van der Waals surface area (Å²) in [5.41, 5.74) is 4.45. The number of benzene rings is 3. The van der Waals surface area contributed by atoms with Gasteiger partial charge in [-0.05, 0) is 29.3 Å². The molecule has 28 heavy (non-hydrogen) atoms. The molecule has 4 aromatic rings. The van der Waals surface area contributed by atoms with E-state index in [2.05, 4.69) is 6.58 Å². The zero-order valence-electron chi connectivity index (χ0n) is 15.3. The van der Waals surface area contributed by atoms with Crippen LogP contribution in [0.25, 0.3) is 22.0 Å². The maximum atomic E-state index is 13.6. The number of nitrogens with zero attached hydrogens (tertiary/aromatic N) is 1. The maximum absolute atomic E-state index is 13.6. The van der Waals surface area contributed by atoms with Crippen LogP contribution >= 0.6 is 0 Å². The van der Waals surface area contributed by atoms with Crippen LogP contribution in [0, 0.1) is 0 Å². The Bertz CT molecular complexity index is 1250. The van der Waals surface area contributed by atoms with Gasteiger partial charge in [0.05, 0.1) is 17.6 Å². The number of fused-ring (bicyclic) bond motifs is 5. The molecule has 0 bridgehead atoms. The molecule has 3 heteroatoms. The molecule has 0 fully saturated rings. The second kappa shape index (κ2) is 6.54. The third-order valence-electron chi connectivity index (χ3n) is 5.30. The van der Waals surface area contributed by atoms with Crippen molar-refractivity contribution in [3.63, 3.8) is 0 Å². The fraction of sp³-hybridized carbons (Fsp3) is 0.0800. The summed E-state index contributed by atoms with van der Waals surface area (Å²) in [5.74, 6) is 0.647. The van der Waals surface area contributed by atoms with E-state index in [1.165, 1.54) is 0 Å². The van der Waals surface area contributed by atoms with Crippen molar-refractivity contribution in [3.8, 4) is 16.9 Å². The molecule has 3 nitrogen and oxygen atoms in total. The lowest BCUT2D eigenvalue weighted by atomic mass is 9.92. The third kappa shape index (κ3) is 2.48. The Morgan fingerprint density at radius 3 is 2.46 bits per heavy atom. The molecule has 0 radical (unpaired) electrons. The summed E-state index contributed by atoms with van der Waals surface area (Å²) >= 11 is 0. The van der Waals surface area contributed by atoms with E-state index in [0.29, 0.717) is 17.9 Å². The summed E-state index contributed by atoms with van der Waals surface area (Å²) in [6.45, 7) is 4.44. The van der Waals surface area contributed by atoms with Crippen LogP contribution in [0.2, 0.25) is 0 Å². The maximum Gasteiger partial charge on any atom is 0.263 e. The molecule has 0 N–H and O–H groups in total. The van der Waals surface area contributed by atoms with Gasteiger partial charge in [-0.3, -0.25) is 4.79 Å². The van der Waals surface area contributed by atoms with Gasteiger partial charge in [0.25, 0.3) is 5.56 Å².